The Labute approximate surface area is 169 Å². The average molecular weight is 381 g/mol. The molecule has 142 valence electrons. The van der Waals surface area contributed by atoms with E-state index < -0.39 is 0 Å². The largest absolute Gasteiger partial charge is 0.424 e. The minimum Gasteiger partial charge on any atom is -0.424 e. The summed E-state index contributed by atoms with van der Waals surface area (Å²) in [5, 5.41) is 2.95. The summed E-state index contributed by atoms with van der Waals surface area (Å²) in [7, 11) is 0. The van der Waals surface area contributed by atoms with Crippen LogP contribution in [0.15, 0.2) is 91.3 Å². The van der Waals surface area contributed by atoms with Crippen molar-refractivity contribution < 1.29 is 9.53 Å². The zero-order chi connectivity index (χ0) is 20.1. The van der Waals surface area contributed by atoms with Gasteiger partial charge in [-0.3, -0.25) is 4.79 Å². The second kappa shape index (κ2) is 8.35. The molecule has 0 aliphatic carbocycles. The van der Waals surface area contributed by atoms with Gasteiger partial charge in [0.25, 0.3) is 5.91 Å². The van der Waals surface area contributed by atoms with Gasteiger partial charge in [-0.15, -0.1) is 0 Å². The molecule has 0 bridgehead atoms. The molecule has 3 aromatic carbocycles. The maximum absolute atomic E-state index is 12.6. The summed E-state index contributed by atoms with van der Waals surface area (Å²) in [5.74, 6) is 0.515. The molecule has 0 unspecified atom stereocenters. The van der Waals surface area contributed by atoms with Crippen molar-refractivity contribution in [3.05, 3.63) is 102 Å². The standard InChI is InChI=1S/C24H19N3O2/c1-17-8-5-6-13-22(17)27-23(28)19-10-7-9-18(14-19)20-15-25-24(26-16-20)29-21-11-3-2-4-12-21/h2-16H,1H3,(H,27,28). The maximum atomic E-state index is 12.6. The number of anilines is 1. The molecule has 4 rings (SSSR count). The number of rotatable bonds is 5. The van der Waals surface area contributed by atoms with Gasteiger partial charge in [0.2, 0.25) is 0 Å². The Morgan fingerprint density at radius 2 is 1.55 bits per heavy atom. The van der Waals surface area contributed by atoms with Crippen LogP contribution in [-0.2, 0) is 0 Å². The minimum absolute atomic E-state index is 0.161. The van der Waals surface area contributed by atoms with Crippen molar-refractivity contribution in [1.82, 2.24) is 9.97 Å². The molecule has 0 saturated carbocycles. The normalized spacial score (nSPS) is 10.4. The fourth-order valence-electron chi connectivity index (χ4n) is 2.86. The summed E-state index contributed by atoms with van der Waals surface area (Å²) in [4.78, 5) is 21.2. The predicted molar refractivity (Wildman–Crippen MR) is 113 cm³/mol. The number of nitrogens with zero attached hydrogens (tertiary/aromatic N) is 2. The third-order valence-corrected chi connectivity index (χ3v) is 4.43. The molecule has 1 heterocycles. The molecule has 1 N–H and O–H groups in total. The van der Waals surface area contributed by atoms with Crippen LogP contribution < -0.4 is 10.1 Å². The van der Waals surface area contributed by atoms with Crippen molar-refractivity contribution in [2.45, 2.75) is 6.92 Å². The molecule has 0 fully saturated rings. The summed E-state index contributed by atoms with van der Waals surface area (Å²) >= 11 is 0. The first-order valence-corrected chi connectivity index (χ1v) is 9.21. The molecule has 4 aromatic rings. The van der Waals surface area contributed by atoms with Crippen molar-refractivity contribution in [1.29, 1.82) is 0 Å². The molecule has 0 aliphatic rings. The van der Waals surface area contributed by atoms with Gasteiger partial charge < -0.3 is 10.1 Å². The van der Waals surface area contributed by atoms with E-state index in [2.05, 4.69) is 15.3 Å². The molecule has 5 nitrogen and oxygen atoms in total. The summed E-state index contributed by atoms with van der Waals surface area (Å²) in [6.07, 6.45) is 3.37. The van der Waals surface area contributed by atoms with Crippen LogP contribution in [0.1, 0.15) is 15.9 Å². The molecule has 0 spiro atoms. The van der Waals surface area contributed by atoms with Crippen LogP contribution in [0.5, 0.6) is 11.8 Å². The van der Waals surface area contributed by atoms with Gasteiger partial charge in [0, 0.05) is 29.2 Å². The SMILES string of the molecule is Cc1ccccc1NC(=O)c1cccc(-c2cnc(Oc3ccccc3)nc2)c1. The molecule has 1 amide bonds. The molecule has 0 aliphatic heterocycles. The number of nitrogens with one attached hydrogen (secondary N) is 1. The number of aryl methyl sites for hydroxylation is 1. The van der Waals surface area contributed by atoms with Gasteiger partial charge in [-0.25, -0.2) is 9.97 Å². The van der Waals surface area contributed by atoms with Crippen LogP contribution in [0.2, 0.25) is 0 Å². The molecular formula is C24H19N3O2. The number of aromatic nitrogens is 2. The lowest BCUT2D eigenvalue weighted by atomic mass is 10.1. The Balaban J connectivity index is 1.51. The highest BCUT2D eigenvalue weighted by Gasteiger charge is 2.10. The van der Waals surface area contributed by atoms with Crippen molar-refractivity contribution in [3.63, 3.8) is 0 Å². The Morgan fingerprint density at radius 3 is 2.31 bits per heavy atom. The quantitative estimate of drug-likeness (QED) is 0.496. The second-order valence-electron chi connectivity index (χ2n) is 6.52. The van der Waals surface area contributed by atoms with Crippen molar-refractivity contribution in [2.75, 3.05) is 5.32 Å². The number of amides is 1. The van der Waals surface area contributed by atoms with Gasteiger partial charge in [-0.2, -0.15) is 0 Å². The lowest BCUT2D eigenvalue weighted by molar-refractivity contribution is 0.102. The number of hydrogen-bond donors (Lipinski definition) is 1. The Morgan fingerprint density at radius 1 is 0.828 bits per heavy atom. The van der Waals surface area contributed by atoms with E-state index in [1.165, 1.54) is 0 Å². The summed E-state index contributed by atoms with van der Waals surface area (Å²) in [6.45, 7) is 1.96. The van der Waals surface area contributed by atoms with Crippen LogP contribution in [0, 0.1) is 6.92 Å². The molecular weight excluding hydrogens is 362 g/mol. The topological polar surface area (TPSA) is 64.1 Å². The van der Waals surface area contributed by atoms with Crippen LogP contribution in [-0.4, -0.2) is 15.9 Å². The van der Waals surface area contributed by atoms with Crippen molar-refractivity contribution >= 4 is 11.6 Å². The van der Waals surface area contributed by atoms with E-state index in [0.717, 1.165) is 22.4 Å². The third kappa shape index (κ3) is 4.47. The smallest absolute Gasteiger partial charge is 0.321 e. The highest BCUT2D eigenvalue weighted by atomic mass is 16.5. The predicted octanol–water partition coefficient (Wildman–Crippen LogP) is 5.50. The van der Waals surface area contributed by atoms with Crippen molar-refractivity contribution in [3.8, 4) is 22.9 Å². The first-order chi connectivity index (χ1) is 14.2. The van der Waals surface area contributed by atoms with E-state index in [1.807, 2.05) is 79.7 Å². The van der Waals surface area contributed by atoms with Crippen molar-refractivity contribution in [2.24, 2.45) is 0 Å². The number of ether oxygens (including phenoxy) is 1. The lowest BCUT2D eigenvalue weighted by Gasteiger charge is -2.09. The van der Waals surface area contributed by atoms with Gasteiger partial charge >= 0.3 is 6.01 Å². The summed E-state index contributed by atoms with van der Waals surface area (Å²) in [5.41, 5.74) is 4.04. The third-order valence-electron chi connectivity index (χ3n) is 4.43. The average Bonchev–Trinajstić information content (AvgIpc) is 2.77. The monoisotopic (exact) mass is 381 g/mol. The number of carbonyl (C=O) groups is 1. The number of hydrogen-bond acceptors (Lipinski definition) is 4. The Kier molecular flexibility index (Phi) is 5.29. The number of benzene rings is 3. The zero-order valence-corrected chi connectivity index (χ0v) is 15.9. The van der Waals surface area contributed by atoms with Crippen LogP contribution in [0.25, 0.3) is 11.1 Å². The number of para-hydroxylation sites is 2. The van der Waals surface area contributed by atoms with E-state index in [9.17, 15) is 4.79 Å². The fourth-order valence-corrected chi connectivity index (χ4v) is 2.86. The molecule has 29 heavy (non-hydrogen) atoms. The van der Waals surface area contributed by atoms with Gasteiger partial charge in [-0.1, -0.05) is 48.5 Å². The maximum Gasteiger partial charge on any atom is 0.321 e. The van der Waals surface area contributed by atoms with Crippen LogP contribution >= 0.6 is 0 Å². The van der Waals surface area contributed by atoms with Gasteiger partial charge in [0.1, 0.15) is 5.75 Å². The van der Waals surface area contributed by atoms with E-state index >= 15 is 0 Å². The van der Waals surface area contributed by atoms with E-state index in [4.69, 9.17) is 4.74 Å². The van der Waals surface area contributed by atoms with E-state index in [0.29, 0.717) is 11.3 Å². The summed E-state index contributed by atoms with van der Waals surface area (Å²) < 4.78 is 5.62. The zero-order valence-electron chi connectivity index (χ0n) is 15.9. The first-order valence-electron chi connectivity index (χ1n) is 9.21. The summed E-state index contributed by atoms with van der Waals surface area (Å²) in [6, 6.07) is 24.7. The molecule has 0 atom stereocenters. The first kappa shape index (κ1) is 18.4. The van der Waals surface area contributed by atoms with E-state index in [1.54, 1.807) is 18.5 Å². The van der Waals surface area contributed by atoms with Gasteiger partial charge in [-0.05, 0) is 48.4 Å². The molecule has 0 radical (unpaired) electrons. The number of carbonyl (C=O) groups excluding carboxylic acids is 1. The molecule has 5 heteroatoms. The van der Waals surface area contributed by atoms with Crippen LogP contribution in [0.3, 0.4) is 0 Å². The lowest BCUT2D eigenvalue weighted by Crippen LogP contribution is -2.12. The van der Waals surface area contributed by atoms with Gasteiger partial charge in [0.05, 0.1) is 0 Å². The fraction of sp³-hybridized carbons (Fsp3) is 0.0417. The Hall–Kier alpha value is -3.99. The second-order valence-corrected chi connectivity index (χ2v) is 6.52. The van der Waals surface area contributed by atoms with Gasteiger partial charge in [0.15, 0.2) is 0 Å². The molecule has 0 saturated heterocycles. The Bertz CT molecular complexity index is 1130. The highest BCUT2D eigenvalue weighted by Crippen LogP contribution is 2.23. The van der Waals surface area contributed by atoms with Crippen LogP contribution in [0.4, 0.5) is 5.69 Å². The van der Waals surface area contributed by atoms with E-state index in [-0.39, 0.29) is 11.9 Å². The molecule has 1 aromatic heterocycles. The minimum atomic E-state index is -0.161. The highest BCUT2D eigenvalue weighted by molar-refractivity contribution is 6.05.